The summed E-state index contributed by atoms with van der Waals surface area (Å²) in [4.78, 5) is 25.8. The van der Waals surface area contributed by atoms with E-state index in [0.29, 0.717) is 24.2 Å². The van der Waals surface area contributed by atoms with Crippen molar-refractivity contribution in [3.8, 4) is 0 Å². The first-order valence-corrected chi connectivity index (χ1v) is 13.5. The molecule has 0 radical (unpaired) electrons. The Kier molecular flexibility index (Phi) is 5.13. The Bertz CT molecular complexity index is 915. The summed E-state index contributed by atoms with van der Waals surface area (Å²) < 4.78 is 0. The van der Waals surface area contributed by atoms with Crippen molar-refractivity contribution in [2.24, 2.45) is 51.2 Å². The maximum Gasteiger partial charge on any atom is 0.314 e. The van der Waals surface area contributed by atoms with Gasteiger partial charge in [0.2, 0.25) is 0 Å². The number of hydrogen-bond acceptors (Lipinski definition) is 3. The van der Waals surface area contributed by atoms with Crippen molar-refractivity contribution >= 4 is 11.8 Å². The van der Waals surface area contributed by atoms with Gasteiger partial charge < -0.3 is 10.2 Å². The number of carboxylic acids is 1. The molecule has 184 valence electrons. The molecule has 0 spiro atoms. The topological polar surface area (TPSA) is 74.6 Å². The molecule has 5 aliphatic rings. The van der Waals surface area contributed by atoms with E-state index >= 15 is 0 Å². The van der Waals surface area contributed by atoms with Crippen LogP contribution in [-0.4, -0.2) is 28.1 Å². The second kappa shape index (κ2) is 7.18. The van der Waals surface area contributed by atoms with Crippen LogP contribution < -0.4 is 0 Å². The number of carboxylic acid groups (broad SMARTS) is 1. The summed E-state index contributed by atoms with van der Waals surface area (Å²) in [5.74, 6) is 1.25. The average Bonchev–Trinajstić information content (AvgIpc) is 3.04. The van der Waals surface area contributed by atoms with E-state index in [4.69, 9.17) is 0 Å². The van der Waals surface area contributed by atoms with Crippen LogP contribution in [0.15, 0.2) is 11.1 Å². The van der Waals surface area contributed by atoms with Crippen molar-refractivity contribution in [2.75, 3.05) is 0 Å². The summed E-state index contributed by atoms with van der Waals surface area (Å²) in [7, 11) is 0. The molecule has 3 unspecified atom stereocenters. The van der Waals surface area contributed by atoms with Gasteiger partial charge in [-0.2, -0.15) is 0 Å². The zero-order valence-corrected chi connectivity index (χ0v) is 21.5. The van der Waals surface area contributed by atoms with Crippen molar-refractivity contribution in [2.45, 2.75) is 105 Å². The molecule has 0 aromatic carbocycles. The Morgan fingerprint density at radius 2 is 1.58 bits per heavy atom. The van der Waals surface area contributed by atoms with Crippen molar-refractivity contribution in [3.63, 3.8) is 0 Å². The van der Waals surface area contributed by atoms with Gasteiger partial charge in [0, 0.05) is 6.42 Å². The van der Waals surface area contributed by atoms with Crippen LogP contribution in [0.4, 0.5) is 0 Å². The largest absolute Gasteiger partial charge is 0.481 e. The SMILES string of the molecule is CC(C)C1=C2[C@H]3CCC4[C@@](C)(CCC5C(C)(C)[C@@H](O)CC[C@@]54C)C3CC[C@@]2(C(=O)O)CC1=O. The van der Waals surface area contributed by atoms with Crippen molar-refractivity contribution in [3.05, 3.63) is 11.1 Å². The van der Waals surface area contributed by atoms with Crippen LogP contribution in [0.1, 0.15) is 99.3 Å². The molecule has 0 aliphatic heterocycles. The van der Waals surface area contributed by atoms with Gasteiger partial charge in [0.15, 0.2) is 5.78 Å². The number of Topliss-reactive ketones (excluding diaryl/α,β-unsaturated/α-hetero) is 1. The van der Waals surface area contributed by atoms with Crippen LogP contribution in [0.25, 0.3) is 0 Å². The molecule has 5 aliphatic carbocycles. The summed E-state index contributed by atoms with van der Waals surface area (Å²) in [5, 5.41) is 21.2. The molecular formula is C29H44O4. The Hall–Kier alpha value is -1.16. The van der Waals surface area contributed by atoms with E-state index in [9.17, 15) is 19.8 Å². The van der Waals surface area contributed by atoms with Gasteiger partial charge >= 0.3 is 5.97 Å². The van der Waals surface area contributed by atoms with Gasteiger partial charge in [0.1, 0.15) is 0 Å². The van der Waals surface area contributed by atoms with Crippen LogP contribution in [-0.2, 0) is 9.59 Å². The molecular weight excluding hydrogens is 412 g/mol. The molecule has 8 atom stereocenters. The van der Waals surface area contributed by atoms with E-state index in [-0.39, 0.29) is 46.4 Å². The zero-order chi connectivity index (χ0) is 24.1. The van der Waals surface area contributed by atoms with E-state index in [1.165, 1.54) is 0 Å². The number of allylic oxidation sites excluding steroid dienone is 1. The van der Waals surface area contributed by atoms with Gasteiger partial charge in [0.25, 0.3) is 0 Å². The maximum absolute atomic E-state index is 13.1. The van der Waals surface area contributed by atoms with E-state index in [1.807, 2.05) is 0 Å². The van der Waals surface area contributed by atoms with Crippen molar-refractivity contribution in [1.29, 1.82) is 0 Å². The number of hydrogen-bond donors (Lipinski definition) is 2. The average molecular weight is 457 g/mol. The minimum Gasteiger partial charge on any atom is -0.481 e. The zero-order valence-electron chi connectivity index (χ0n) is 21.5. The highest BCUT2D eigenvalue weighted by Gasteiger charge is 2.67. The molecule has 0 amide bonds. The first-order chi connectivity index (χ1) is 15.3. The number of rotatable bonds is 2. The van der Waals surface area contributed by atoms with Crippen LogP contribution in [0, 0.1) is 51.2 Å². The lowest BCUT2D eigenvalue weighted by atomic mass is 9.36. The monoisotopic (exact) mass is 456 g/mol. The Morgan fingerprint density at radius 3 is 2.21 bits per heavy atom. The fourth-order valence-corrected chi connectivity index (χ4v) is 10.5. The van der Waals surface area contributed by atoms with Crippen molar-refractivity contribution in [1.82, 2.24) is 0 Å². The second-order valence-electron chi connectivity index (χ2n) is 13.8. The van der Waals surface area contributed by atoms with Gasteiger partial charge in [-0.1, -0.05) is 41.5 Å². The Morgan fingerprint density at radius 1 is 0.909 bits per heavy atom. The smallest absolute Gasteiger partial charge is 0.314 e. The predicted octanol–water partition coefficient (Wildman–Crippen LogP) is 6.02. The molecule has 0 heterocycles. The number of carbonyl (C=O) groups is 2. The first-order valence-electron chi connectivity index (χ1n) is 13.5. The van der Waals surface area contributed by atoms with E-state index in [2.05, 4.69) is 41.5 Å². The summed E-state index contributed by atoms with van der Waals surface area (Å²) in [6.07, 6.45) is 7.94. The van der Waals surface area contributed by atoms with Gasteiger partial charge in [0.05, 0.1) is 11.5 Å². The quantitative estimate of drug-likeness (QED) is 0.532. The Balaban J connectivity index is 1.57. The number of ketones is 1. The highest BCUT2D eigenvalue weighted by molar-refractivity contribution is 6.05. The van der Waals surface area contributed by atoms with Gasteiger partial charge in [-0.3, -0.25) is 9.59 Å². The van der Waals surface area contributed by atoms with E-state index < -0.39 is 11.4 Å². The highest BCUT2D eigenvalue weighted by atomic mass is 16.4. The van der Waals surface area contributed by atoms with Crippen LogP contribution >= 0.6 is 0 Å². The third-order valence-electron chi connectivity index (χ3n) is 12.0. The molecule has 0 aromatic heterocycles. The van der Waals surface area contributed by atoms with Gasteiger partial charge in [-0.15, -0.1) is 0 Å². The first kappa shape index (κ1) is 23.6. The minimum absolute atomic E-state index is 0.0542. The molecule has 4 nitrogen and oxygen atoms in total. The lowest BCUT2D eigenvalue weighted by Gasteiger charge is -2.68. The number of fused-ring (bicyclic) bond motifs is 7. The Labute approximate surface area is 199 Å². The summed E-state index contributed by atoms with van der Waals surface area (Å²) in [5.41, 5.74) is 1.30. The number of aliphatic hydroxyl groups is 1. The summed E-state index contributed by atoms with van der Waals surface area (Å²) in [6, 6.07) is 0. The van der Waals surface area contributed by atoms with Crippen molar-refractivity contribution < 1.29 is 19.8 Å². The number of carbonyl (C=O) groups excluding carboxylic acids is 1. The standard InChI is InChI=1S/C29H44O4/c1-16(2)23-19(30)15-29(25(32)33)14-9-18-17(24(23)29)7-8-21-27(18,5)12-10-20-26(3,4)22(31)11-13-28(20,21)6/h16-18,20-22,31H,7-15H2,1-6H3,(H,32,33)/t17-,18?,20?,21?,22-,27-,28-,29+/m0/s1. The maximum atomic E-state index is 13.1. The lowest BCUT2D eigenvalue weighted by molar-refractivity contribution is -0.203. The molecule has 33 heavy (non-hydrogen) atoms. The van der Waals surface area contributed by atoms with Crippen LogP contribution in [0.5, 0.6) is 0 Å². The number of aliphatic hydroxyl groups excluding tert-OH is 1. The van der Waals surface area contributed by atoms with Gasteiger partial charge in [-0.05, 0) is 108 Å². The molecule has 4 saturated carbocycles. The molecule has 0 bridgehead atoms. The minimum atomic E-state index is -0.945. The predicted molar refractivity (Wildman–Crippen MR) is 128 cm³/mol. The summed E-state index contributed by atoms with van der Waals surface area (Å²) in [6.45, 7) is 13.7. The van der Waals surface area contributed by atoms with Gasteiger partial charge in [-0.25, -0.2) is 0 Å². The third kappa shape index (κ3) is 2.85. The van der Waals surface area contributed by atoms with E-state index in [0.717, 1.165) is 56.1 Å². The molecule has 0 saturated heterocycles. The summed E-state index contributed by atoms with van der Waals surface area (Å²) >= 11 is 0. The normalized spacial score (nSPS) is 48.7. The molecule has 2 N–H and O–H groups in total. The number of aliphatic carboxylic acids is 1. The van der Waals surface area contributed by atoms with E-state index in [1.54, 1.807) is 0 Å². The third-order valence-corrected chi connectivity index (χ3v) is 12.0. The van der Waals surface area contributed by atoms with Crippen LogP contribution in [0.3, 0.4) is 0 Å². The molecule has 4 fully saturated rings. The fraction of sp³-hybridized carbons (Fsp3) is 0.862. The fourth-order valence-electron chi connectivity index (χ4n) is 10.5. The van der Waals surface area contributed by atoms with Crippen LogP contribution in [0.2, 0.25) is 0 Å². The highest BCUT2D eigenvalue weighted by Crippen LogP contribution is 2.72. The second-order valence-corrected chi connectivity index (χ2v) is 13.8. The lowest BCUT2D eigenvalue weighted by Crippen LogP contribution is -2.62. The molecule has 0 aromatic rings. The molecule has 4 heteroatoms. The molecule has 5 rings (SSSR count).